The number of aliphatic imine (C=N–C) groups is 1. The van der Waals surface area contributed by atoms with Crippen LogP contribution in [0, 0.1) is 5.92 Å². The zero-order valence-corrected chi connectivity index (χ0v) is 10.8. The summed E-state index contributed by atoms with van der Waals surface area (Å²) in [5.41, 5.74) is 5.79. The number of ether oxygens (including phenoxy) is 1. The number of methoxy groups -OCH3 is 1. The van der Waals surface area contributed by atoms with Crippen LogP contribution in [0.3, 0.4) is 0 Å². The minimum Gasteiger partial charge on any atom is -0.381 e. The van der Waals surface area contributed by atoms with Gasteiger partial charge in [0.1, 0.15) is 0 Å². The first-order chi connectivity index (χ1) is 8.28. The number of hydrogen-bond acceptors (Lipinski definition) is 2. The molecule has 98 valence electrons. The van der Waals surface area contributed by atoms with Gasteiger partial charge in [-0.1, -0.05) is 0 Å². The van der Waals surface area contributed by atoms with Crippen molar-refractivity contribution in [3.8, 4) is 0 Å². The summed E-state index contributed by atoms with van der Waals surface area (Å²) in [7, 11) is 1.82. The molecular weight excluding hydrogens is 214 g/mol. The third-order valence-corrected chi connectivity index (χ3v) is 3.88. The summed E-state index contributed by atoms with van der Waals surface area (Å²) >= 11 is 0. The highest BCUT2D eigenvalue weighted by Gasteiger charge is 2.22. The first-order valence-electron chi connectivity index (χ1n) is 6.87. The summed E-state index contributed by atoms with van der Waals surface area (Å²) in [4.78, 5) is 4.39. The van der Waals surface area contributed by atoms with Crippen molar-refractivity contribution in [1.29, 1.82) is 0 Å². The van der Waals surface area contributed by atoms with Crippen LogP contribution in [0.5, 0.6) is 0 Å². The first-order valence-corrected chi connectivity index (χ1v) is 6.87. The van der Waals surface area contributed by atoms with Crippen molar-refractivity contribution < 1.29 is 4.74 Å². The second kappa shape index (κ2) is 6.24. The molecule has 0 spiro atoms. The maximum Gasteiger partial charge on any atom is 0.188 e. The summed E-state index contributed by atoms with van der Waals surface area (Å²) in [6, 6.07) is 0.607. The Kier molecular flexibility index (Phi) is 4.66. The molecule has 2 aliphatic rings. The van der Waals surface area contributed by atoms with E-state index in [-0.39, 0.29) is 0 Å². The molecule has 4 heteroatoms. The van der Waals surface area contributed by atoms with Crippen LogP contribution in [0.25, 0.3) is 0 Å². The monoisotopic (exact) mass is 239 g/mol. The fourth-order valence-corrected chi connectivity index (χ4v) is 2.51. The topological polar surface area (TPSA) is 59.6 Å². The number of nitrogens with one attached hydrogen (secondary N) is 1. The van der Waals surface area contributed by atoms with Crippen molar-refractivity contribution >= 4 is 5.96 Å². The van der Waals surface area contributed by atoms with E-state index in [1.165, 1.54) is 44.9 Å². The highest BCUT2D eigenvalue weighted by molar-refractivity contribution is 5.78. The van der Waals surface area contributed by atoms with Crippen molar-refractivity contribution in [2.45, 2.75) is 57.1 Å². The van der Waals surface area contributed by atoms with Crippen LogP contribution in [-0.2, 0) is 4.74 Å². The molecule has 0 saturated heterocycles. The van der Waals surface area contributed by atoms with Crippen molar-refractivity contribution in [2.75, 3.05) is 13.7 Å². The van der Waals surface area contributed by atoms with E-state index < -0.39 is 0 Å². The van der Waals surface area contributed by atoms with E-state index in [0.29, 0.717) is 18.1 Å². The lowest BCUT2D eigenvalue weighted by molar-refractivity contribution is 0.0559. The number of hydrogen-bond donors (Lipinski definition) is 2. The van der Waals surface area contributed by atoms with Gasteiger partial charge >= 0.3 is 0 Å². The van der Waals surface area contributed by atoms with Crippen LogP contribution >= 0.6 is 0 Å². The molecule has 0 bridgehead atoms. The Hall–Kier alpha value is -0.770. The third kappa shape index (κ3) is 4.54. The van der Waals surface area contributed by atoms with Gasteiger partial charge in [0, 0.05) is 19.7 Å². The molecule has 0 aromatic carbocycles. The van der Waals surface area contributed by atoms with Gasteiger partial charge < -0.3 is 15.8 Å². The molecule has 0 aromatic heterocycles. The molecule has 0 heterocycles. The van der Waals surface area contributed by atoms with Gasteiger partial charge in [0.25, 0.3) is 0 Å². The van der Waals surface area contributed by atoms with Gasteiger partial charge in [0.15, 0.2) is 5.96 Å². The Balaban J connectivity index is 1.58. The van der Waals surface area contributed by atoms with Crippen molar-refractivity contribution in [1.82, 2.24) is 5.32 Å². The lowest BCUT2D eigenvalue weighted by Gasteiger charge is -2.27. The molecule has 3 N–H and O–H groups in total. The number of nitrogens with two attached hydrogens (primary N) is 1. The maximum absolute atomic E-state index is 5.79. The smallest absolute Gasteiger partial charge is 0.188 e. The first kappa shape index (κ1) is 12.7. The zero-order chi connectivity index (χ0) is 12.1. The predicted molar refractivity (Wildman–Crippen MR) is 70.0 cm³/mol. The van der Waals surface area contributed by atoms with Crippen molar-refractivity contribution in [2.24, 2.45) is 16.6 Å². The Labute approximate surface area is 104 Å². The second-order valence-electron chi connectivity index (χ2n) is 5.35. The summed E-state index contributed by atoms with van der Waals surface area (Å²) in [5.74, 6) is 1.46. The van der Waals surface area contributed by atoms with E-state index >= 15 is 0 Å². The normalized spacial score (nSPS) is 30.3. The van der Waals surface area contributed by atoms with Gasteiger partial charge in [0.05, 0.1) is 6.10 Å². The van der Waals surface area contributed by atoms with Crippen LogP contribution < -0.4 is 11.1 Å². The Morgan fingerprint density at radius 1 is 1.24 bits per heavy atom. The van der Waals surface area contributed by atoms with Gasteiger partial charge in [-0.25, -0.2) is 0 Å². The molecule has 0 atom stereocenters. The predicted octanol–water partition coefficient (Wildman–Crippen LogP) is 1.65. The Bertz CT molecular complexity index is 255. The van der Waals surface area contributed by atoms with E-state index in [2.05, 4.69) is 10.3 Å². The van der Waals surface area contributed by atoms with E-state index in [1.807, 2.05) is 7.11 Å². The van der Waals surface area contributed by atoms with E-state index in [4.69, 9.17) is 10.5 Å². The van der Waals surface area contributed by atoms with E-state index in [0.717, 1.165) is 12.5 Å². The highest BCUT2D eigenvalue weighted by Crippen LogP contribution is 2.28. The summed E-state index contributed by atoms with van der Waals surface area (Å²) in [5, 5.41) is 3.22. The molecule has 17 heavy (non-hydrogen) atoms. The molecule has 2 rings (SSSR count). The summed E-state index contributed by atoms with van der Waals surface area (Å²) in [6.45, 7) is 0.869. The summed E-state index contributed by atoms with van der Waals surface area (Å²) in [6.07, 6.45) is 9.14. The molecule has 0 amide bonds. The number of guanidine groups is 1. The lowest BCUT2D eigenvalue weighted by Crippen LogP contribution is -2.33. The number of nitrogens with zero attached hydrogens (tertiary/aromatic N) is 1. The maximum atomic E-state index is 5.79. The lowest BCUT2D eigenvalue weighted by atomic mass is 9.85. The largest absolute Gasteiger partial charge is 0.381 e. The van der Waals surface area contributed by atoms with E-state index in [9.17, 15) is 0 Å². The van der Waals surface area contributed by atoms with Crippen molar-refractivity contribution in [3.63, 3.8) is 0 Å². The SMILES string of the molecule is COC1CCC(CCN=C(N)NC2CC2)CC1. The van der Waals surface area contributed by atoms with Gasteiger partial charge in [-0.05, 0) is 50.9 Å². The molecule has 4 nitrogen and oxygen atoms in total. The molecule has 0 aromatic rings. The molecule has 2 fully saturated rings. The highest BCUT2D eigenvalue weighted by atomic mass is 16.5. The van der Waals surface area contributed by atoms with Gasteiger partial charge in [-0.3, -0.25) is 4.99 Å². The molecule has 2 saturated carbocycles. The molecular formula is C13H25N3O. The standard InChI is InChI=1S/C13H25N3O/c1-17-12-6-2-10(3-7-12)8-9-15-13(14)16-11-4-5-11/h10-12H,2-9H2,1H3,(H3,14,15,16). The third-order valence-electron chi connectivity index (χ3n) is 3.88. The van der Waals surface area contributed by atoms with Crippen molar-refractivity contribution in [3.05, 3.63) is 0 Å². The molecule has 0 unspecified atom stereocenters. The van der Waals surface area contributed by atoms with Crippen LogP contribution in [0.15, 0.2) is 4.99 Å². The minimum atomic E-state index is 0.497. The van der Waals surface area contributed by atoms with Crippen LogP contribution in [0.4, 0.5) is 0 Å². The van der Waals surface area contributed by atoms with Gasteiger partial charge in [0.2, 0.25) is 0 Å². The van der Waals surface area contributed by atoms with Gasteiger partial charge in [-0.2, -0.15) is 0 Å². The zero-order valence-electron chi connectivity index (χ0n) is 10.8. The fraction of sp³-hybridized carbons (Fsp3) is 0.923. The van der Waals surface area contributed by atoms with E-state index in [1.54, 1.807) is 0 Å². The van der Waals surface area contributed by atoms with Crippen LogP contribution in [0.2, 0.25) is 0 Å². The molecule has 0 aliphatic heterocycles. The van der Waals surface area contributed by atoms with Crippen LogP contribution in [-0.4, -0.2) is 31.8 Å². The quantitative estimate of drug-likeness (QED) is 0.566. The molecule has 2 aliphatic carbocycles. The van der Waals surface area contributed by atoms with Gasteiger partial charge in [-0.15, -0.1) is 0 Å². The summed E-state index contributed by atoms with van der Waals surface area (Å²) < 4.78 is 5.38. The average molecular weight is 239 g/mol. The minimum absolute atomic E-state index is 0.497. The fourth-order valence-electron chi connectivity index (χ4n) is 2.51. The average Bonchev–Trinajstić information content (AvgIpc) is 3.14. The Morgan fingerprint density at radius 2 is 1.94 bits per heavy atom. The Morgan fingerprint density at radius 3 is 2.53 bits per heavy atom. The molecule has 0 radical (unpaired) electrons. The number of rotatable bonds is 5. The van der Waals surface area contributed by atoms with Crippen LogP contribution in [0.1, 0.15) is 44.9 Å². The second-order valence-corrected chi connectivity index (χ2v) is 5.35.